The first-order valence-corrected chi connectivity index (χ1v) is 8.52. The van der Waals surface area contributed by atoms with Crippen LogP contribution in [0.1, 0.15) is 23.4 Å². The van der Waals surface area contributed by atoms with Gasteiger partial charge in [0.1, 0.15) is 11.6 Å². The van der Waals surface area contributed by atoms with Crippen molar-refractivity contribution in [1.82, 2.24) is 0 Å². The van der Waals surface area contributed by atoms with Crippen molar-refractivity contribution in [1.29, 1.82) is 0 Å². The molecule has 0 amide bonds. The maximum atomic E-state index is 12.7. The molecule has 25 heavy (non-hydrogen) atoms. The SMILES string of the molecule is N[C@H](CCP(=O)(O)C(O)c1ccc(C(F)(F)F)c([N+](=O)[O-])c1)C(=O)O. The molecule has 0 aromatic heterocycles. The molecule has 0 aliphatic carbocycles. The number of halogens is 3. The first-order chi connectivity index (χ1) is 11.3. The fraction of sp³-hybridized carbons (Fsp3) is 0.417. The van der Waals surface area contributed by atoms with Gasteiger partial charge in [-0.1, -0.05) is 6.07 Å². The van der Waals surface area contributed by atoms with E-state index in [1.807, 2.05) is 0 Å². The summed E-state index contributed by atoms with van der Waals surface area (Å²) in [5.74, 6) is -3.67. The second-order valence-electron chi connectivity index (χ2n) is 5.12. The first kappa shape index (κ1) is 21.0. The van der Waals surface area contributed by atoms with Gasteiger partial charge in [0.05, 0.1) is 4.92 Å². The van der Waals surface area contributed by atoms with E-state index in [1.54, 1.807) is 0 Å². The van der Waals surface area contributed by atoms with Gasteiger partial charge in [-0.25, -0.2) is 0 Å². The number of nitro groups is 1. The van der Waals surface area contributed by atoms with Crippen LogP contribution in [-0.2, 0) is 15.5 Å². The van der Waals surface area contributed by atoms with E-state index in [0.717, 1.165) is 0 Å². The van der Waals surface area contributed by atoms with Gasteiger partial charge in [-0.15, -0.1) is 0 Å². The molecule has 0 aliphatic heterocycles. The normalized spacial score (nSPS) is 16.7. The first-order valence-electron chi connectivity index (χ1n) is 6.61. The number of benzene rings is 1. The number of hydrogen-bond donors (Lipinski definition) is 4. The highest BCUT2D eigenvalue weighted by atomic mass is 31.2. The number of nitrogens with zero attached hydrogens (tertiary/aromatic N) is 1. The Morgan fingerprint density at radius 2 is 1.96 bits per heavy atom. The summed E-state index contributed by atoms with van der Waals surface area (Å²) >= 11 is 0. The fourth-order valence-corrected chi connectivity index (χ4v) is 3.42. The monoisotopic (exact) mass is 386 g/mol. The third kappa shape index (κ3) is 5.23. The molecule has 0 fully saturated rings. The smallest absolute Gasteiger partial charge is 0.422 e. The molecule has 2 unspecified atom stereocenters. The van der Waals surface area contributed by atoms with Crippen molar-refractivity contribution in [2.75, 3.05) is 6.16 Å². The number of carboxylic acid groups (broad SMARTS) is 1. The van der Waals surface area contributed by atoms with E-state index in [1.165, 1.54) is 0 Å². The summed E-state index contributed by atoms with van der Waals surface area (Å²) in [4.78, 5) is 29.8. The second-order valence-corrected chi connectivity index (χ2v) is 7.57. The molecule has 0 spiro atoms. The number of nitrogens with two attached hydrogens (primary N) is 1. The predicted octanol–water partition coefficient (Wildman–Crippen LogP) is 1.68. The number of rotatable bonds is 7. The Morgan fingerprint density at radius 1 is 1.40 bits per heavy atom. The minimum atomic E-state index is -5.02. The van der Waals surface area contributed by atoms with Crippen LogP contribution in [0.25, 0.3) is 0 Å². The molecule has 0 heterocycles. The number of aliphatic hydroxyl groups excluding tert-OH is 1. The van der Waals surface area contributed by atoms with Crippen molar-refractivity contribution >= 4 is 19.0 Å². The quantitative estimate of drug-likeness (QED) is 0.312. The Morgan fingerprint density at radius 3 is 2.40 bits per heavy atom. The van der Waals surface area contributed by atoms with Gasteiger partial charge in [0.25, 0.3) is 5.69 Å². The molecule has 3 atom stereocenters. The standard InChI is InChI=1S/C12H14F3N2O7P/c13-12(14,15)7-2-1-6(5-9(7)17(21)22)11(20)25(23,24)4-3-8(16)10(18)19/h1-2,5,8,11,20H,3-4,16H2,(H,18,19)(H,23,24)/t8-,11?/m1/s1. The maximum Gasteiger partial charge on any atom is 0.422 e. The summed E-state index contributed by atoms with van der Waals surface area (Å²) in [6.45, 7) is 0. The number of carboxylic acids is 1. The van der Waals surface area contributed by atoms with Gasteiger partial charge in [0.2, 0.25) is 7.37 Å². The molecule has 5 N–H and O–H groups in total. The lowest BCUT2D eigenvalue weighted by Gasteiger charge is -2.20. The average molecular weight is 386 g/mol. The number of nitro benzene ring substituents is 1. The Kier molecular flexibility index (Phi) is 6.29. The van der Waals surface area contributed by atoms with E-state index in [-0.39, 0.29) is 0 Å². The van der Waals surface area contributed by atoms with E-state index in [2.05, 4.69) is 0 Å². The number of alkyl halides is 3. The summed E-state index contributed by atoms with van der Waals surface area (Å²) in [5.41, 5.74) is 1.63. The summed E-state index contributed by atoms with van der Waals surface area (Å²) in [6.07, 6.45) is -6.25. The molecule has 0 saturated heterocycles. The highest BCUT2D eigenvalue weighted by Gasteiger charge is 2.40. The number of carbonyl (C=O) groups is 1. The Bertz CT molecular complexity index is 725. The molecular weight excluding hydrogens is 372 g/mol. The van der Waals surface area contributed by atoms with Crippen LogP contribution in [0.5, 0.6) is 0 Å². The maximum absolute atomic E-state index is 12.7. The van der Waals surface area contributed by atoms with Gasteiger partial charge in [-0.3, -0.25) is 19.5 Å². The molecule has 1 aromatic carbocycles. The van der Waals surface area contributed by atoms with Gasteiger partial charge >= 0.3 is 12.1 Å². The summed E-state index contributed by atoms with van der Waals surface area (Å²) in [6, 6.07) is -0.164. The molecule has 9 nitrogen and oxygen atoms in total. The lowest BCUT2D eigenvalue weighted by Crippen LogP contribution is -2.31. The van der Waals surface area contributed by atoms with Crippen LogP contribution in [0, 0.1) is 10.1 Å². The van der Waals surface area contributed by atoms with Gasteiger partial charge in [0.15, 0.2) is 5.85 Å². The van der Waals surface area contributed by atoms with E-state index >= 15 is 0 Å². The van der Waals surface area contributed by atoms with Crippen molar-refractivity contribution in [2.45, 2.75) is 24.5 Å². The zero-order chi connectivity index (χ0) is 19.6. The topological polar surface area (TPSA) is 164 Å². The Hall–Kier alpha value is -2.01. The zero-order valence-corrected chi connectivity index (χ0v) is 13.3. The minimum absolute atomic E-state index is 0.319. The molecule has 13 heteroatoms. The highest BCUT2D eigenvalue weighted by molar-refractivity contribution is 7.58. The molecule has 1 rings (SSSR count). The van der Waals surface area contributed by atoms with Crippen LogP contribution in [0.3, 0.4) is 0 Å². The summed E-state index contributed by atoms with van der Waals surface area (Å²) in [5, 5.41) is 29.3. The van der Waals surface area contributed by atoms with Crippen molar-refractivity contribution in [3.8, 4) is 0 Å². The second kappa shape index (κ2) is 7.48. The number of aliphatic hydroxyl groups is 1. The predicted molar refractivity (Wildman–Crippen MR) is 78.0 cm³/mol. The van der Waals surface area contributed by atoms with Crippen LogP contribution < -0.4 is 5.73 Å². The lowest BCUT2D eigenvalue weighted by molar-refractivity contribution is -0.388. The van der Waals surface area contributed by atoms with Crippen LogP contribution in [0.4, 0.5) is 18.9 Å². The minimum Gasteiger partial charge on any atom is -0.480 e. The molecular formula is C12H14F3N2O7P. The van der Waals surface area contributed by atoms with Crippen molar-refractivity contribution < 1.29 is 42.6 Å². The van der Waals surface area contributed by atoms with E-state index in [0.29, 0.717) is 18.2 Å². The van der Waals surface area contributed by atoms with Gasteiger partial charge < -0.3 is 20.8 Å². The molecule has 0 radical (unpaired) electrons. The van der Waals surface area contributed by atoms with Crippen molar-refractivity contribution in [3.05, 3.63) is 39.4 Å². The molecule has 0 aliphatic rings. The number of aliphatic carboxylic acids is 1. The van der Waals surface area contributed by atoms with Gasteiger partial charge in [-0.05, 0) is 18.1 Å². The van der Waals surface area contributed by atoms with Crippen LogP contribution >= 0.6 is 7.37 Å². The number of hydrogen-bond acceptors (Lipinski definition) is 6. The van der Waals surface area contributed by atoms with Gasteiger partial charge in [-0.2, -0.15) is 13.2 Å². The summed E-state index contributed by atoms with van der Waals surface area (Å²) < 4.78 is 50.2. The molecule has 0 saturated carbocycles. The van der Waals surface area contributed by atoms with Gasteiger partial charge in [0, 0.05) is 12.2 Å². The van der Waals surface area contributed by atoms with Crippen LogP contribution in [0.15, 0.2) is 18.2 Å². The fourth-order valence-electron chi connectivity index (χ4n) is 1.90. The third-order valence-electron chi connectivity index (χ3n) is 3.28. The third-order valence-corrected chi connectivity index (χ3v) is 5.24. The van der Waals surface area contributed by atoms with E-state index in [9.17, 15) is 42.6 Å². The van der Waals surface area contributed by atoms with Crippen molar-refractivity contribution in [3.63, 3.8) is 0 Å². The van der Waals surface area contributed by atoms with Crippen LogP contribution in [-0.4, -0.2) is 38.2 Å². The average Bonchev–Trinajstić information content (AvgIpc) is 2.50. The summed E-state index contributed by atoms with van der Waals surface area (Å²) in [7, 11) is -4.50. The van der Waals surface area contributed by atoms with Crippen molar-refractivity contribution in [2.24, 2.45) is 5.73 Å². The molecule has 140 valence electrons. The molecule has 1 aromatic rings. The van der Waals surface area contributed by atoms with E-state index < -0.39 is 65.7 Å². The van der Waals surface area contributed by atoms with E-state index in [4.69, 9.17) is 10.8 Å². The largest absolute Gasteiger partial charge is 0.480 e. The van der Waals surface area contributed by atoms with Crippen LogP contribution in [0.2, 0.25) is 0 Å². The highest BCUT2D eigenvalue weighted by Crippen LogP contribution is 2.55. The lowest BCUT2D eigenvalue weighted by atomic mass is 10.1. The Balaban J connectivity index is 3.14. The Labute approximate surface area is 138 Å². The molecule has 0 bridgehead atoms. The zero-order valence-electron chi connectivity index (χ0n) is 12.4.